The van der Waals surface area contributed by atoms with E-state index in [1.165, 1.54) is 85.7 Å². The number of sulfone groups is 3. The van der Waals surface area contributed by atoms with Gasteiger partial charge in [-0.2, -0.15) is 4.98 Å². The Morgan fingerprint density at radius 1 is 0.475 bits per heavy atom. The third-order valence-corrected chi connectivity index (χ3v) is 23.6. The van der Waals surface area contributed by atoms with Gasteiger partial charge in [-0.3, -0.25) is 37.1 Å². The highest BCUT2D eigenvalue weighted by atomic mass is 32.2. The van der Waals surface area contributed by atoms with Gasteiger partial charge in [0.15, 0.2) is 39.8 Å². The van der Waals surface area contributed by atoms with Crippen molar-refractivity contribution in [1.82, 2.24) is 63.5 Å². The fourth-order valence-electron chi connectivity index (χ4n) is 10.7. The molecule has 1 fully saturated rings. The van der Waals surface area contributed by atoms with Crippen molar-refractivity contribution >= 4 is 125 Å². The van der Waals surface area contributed by atoms with E-state index in [0.29, 0.717) is 66.3 Å². The average Bonchev–Trinajstić information content (AvgIpc) is 0.791. The number of pyridine rings is 4. The zero-order valence-corrected chi connectivity index (χ0v) is 60.9. The smallest absolute Gasteiger partial charge is 0.252 e. The maximum Gasteiger partial charge on any atom is 0.252 e. The number of nitrogens with one attached hydrogen (secondary N) is 2. The zero-order chi connectivity index (χ0) is 72.2. The molecule has 4 aromatic carbocycles. The van der Waals surface area contributed by atoms with E-state index in [2.05, 4.69) is 79.2 Å². The van der Waals surface area contributed by atoms with Crippen molar-refractivity contribution in [1.29, 1.82) is 0 Å². The summed E-state index contributed by atoms with van der Waals surface area (Å²) in [5.74, 6) is 0.315. The molecule has 1 saturated heterocycles. The number of aromatic amines is 1. The molecule has 1 aliphatic heterocycles. The van der Waals surface area contributed by atoms with E-state index in [1.54, 1.807) is 130 Å². The van der Waals surface area contributed by atoms with Crippen molar-refractivity contribution in [2.24, 2.45) is 0 Å². The van der Waals surface area contributed by atoms with Gasteiger partial charge in [-0.15, -0.1) is 0 Å². The Bertz CT molecular complexity index is 5680. The first kappa shape index (κ1) is 74.0. The van der Waals surface area contributed by atoms with Crippen LogP contribution in [0.4, 0.5) is 17.3 Å². The Kier molecular flexibility index (Phi) is 24.0. The number of fused-ring (bicyclic) bond motifs is 4. The van der Waals surface area contributed by atoms with Crippen LogP contribution in [0.3, 0.4) is 0 Å². The van der Waals surface area contributed by atoms with E-state index in [4.69, 9.17) is 0 Å². The van der Waals surface area contributed by atoms with Gasteiger partial charge in [-0.25, -0.2) is 60.1 Å². The Morgan fingerprint density at radius 2 is 0.881 bits per heavy atom. The summed E-state index contributed by atoms with van der Waals surface area (Å²) in [6, 6.07) is 40.6. The van der Waals surface area contributed by atoms with Crippen molar-refractivity contribution in [3.8, 4) is 0 Å². The van der Waals surface area contributed by atoms with Gasteiger partial charge in [0.05, 0.1) is 62.4 Å². The number of nitrogens with zero attached hydrogens (tertiary/aromatic N) is 13. The van der Waals surface area contributed by atoms with Crippen LogP contribution in [-0.2, 0) is 59.9 Å². The third kappa shape index (κ3) is 17.9. The van der Waals surface area contributed by atoms with E-state index in [0.717, 1.165) is 42.6 Å². The van der Waals surface area contributed by atoms with Crippen LogP contribution >= 0.6 is 23.5 Å². The molecule has 0 bridgehead atoms. The molecule has 0 radical (unpaired) electrons. The first-order valence-corrected chi connectivity index (χ1v) is 40.5. The highest BCUT2D eigenvalue weighted by Gasteiger charge is 2.22. The maximum absolute atomic E-state index is 12.9. The lowest BCUT2D eigenvalue weighted by Crippen LogP contribution is -2.44. The molecule has 0 aliphatic carbocycles. The number of rotatable bonds is 18. The largest absolute Gasteiger partial charge is 0.369 e. The number of likely N-dealkylation sites (N-methyl/N-ethyl adjacent to an activating group) is 1. The van der Waals surface area contributed by atoms with Crippen molar-refractivity contribution in [3.63, 3.8) is 0 Å². The van der Waals surface area contributed by atoms with Gasteiger partial charge in [0.2, 0.25) is 16.7 Å². The Morgan fingerprint density at radius 3 is 1.34 bits per heavy atom. The lowest BCUT2D eigenvalue weighted by Gasteiger charge is -2.34. The molecule has 1 aliphatic rings. The predicted octanol–water partition coefficient (Wildman–Crippen LogP) is 7.89. The van der Waals surface area contributed by atoms with Gasteiger partial charge in [0.1, 0.15) is 22.6 Å². The fraction of sp³-hybridized carbons (Fsp3) is 0.246. The second kappa shape index (κ2) is 32.7. The summed E-state index contributed by atoms with van der Waals surface area (Å²) in [4.78, 5) is 90.9. The van der Waals surface area contributed by atoms with Gasteiger partial charge in [0, 0.05) is 114 Å². The van der Waals surface area contributed by atoms with E-state index in [-0.39, 0.29) is 79.0 Å². The number of aromatic nitrogens is 12. The maximum atomic E-state index is 12.9. The van der Waals surface area contributed by atoms with Crippen LogP contribution in [0.2, 0.25) is 0 Å². The topological polar surface area (TPSA) is 340 Å². The molecule has 9 heterocycles. The minimum Gasteiger partial charge on any atom is -0.369 e. The Balaban J connectivity index is 0.000000153. The number of benzene rings is 4. The molecule has 8 aromatic heterocycles. The van der Waals surface area contributed by atoms with Crippen LogP contribution < -0.4 is 32.5 Å². The number of hydrogen-bond donors (Lipinski definition) is 2. The molecular weight excluding hydrogens is 1410 g/mol. The molecule has 32 heteroatoms. The molecule has 1 unspecified atom stereocenters. The Hall–Kier alpha value is -9.70. The molecule has 101 heavy (non-hydrogen) atoms. The van der Waals surface area contributed by atoms with Crippen LogP contribution in [0.1, 0.15) is 37.5 Å². The lowest BCUT2D eigenvalue weighted by atomic mass is 10.2. The Labute approximate surface area is 592 Å². The zero-order valence-electron chi connectivity index (χ0n) is 56.0. The van der Waals surface area contributed by atoms with E-state index in [1.807, 2.05) is 24.6 Å². The van der Waals surface area contributed by atoms with Crippen LogP contribution in [0.15, 0.2) is 220 Å². The molecule has 1 atom stereocenters. The van der Waals surface area contributed by atoms with Crippen LogP contribution in [0.5, 0.6) is 0 Å². The van der Waals surface area contributed by atoms with Crippen molar-refractivity contribution in [2.75, 3.05) is 79.5 Å². The third-order valence-electron chi connectivity index (χ3n) is 16.2. The minimum absolute atomic E-state index is 0.00718. The molecule has 0 spiro atoms. The first-order valence-electron chi connectivity index (χ1n) is 31.5. The number of piperazine rings is 1. The minimum atomic E-state index is -3.44. The summed E-state index contributed by atoms with van der Waals surface area (Å²) in [5, 5.41) is 7.43. The van der Waals surface area contributed by atoms with Crippen LogP contribution in [0, 0.1) is 0 Å². The van der Waals surface area contributed by atoms with Gasteiger partial charge in [0.25, 0.3) is 16.7 Å². The molecule has 26 nitrogen and oxygen atoms in total. The molecule has 0 amide bonds. The summed E-state index contributed by atoms with van der Waals surface area (Å²) < 4.78 is 90.7. The van der Waals surface area contributed by atoms with Crippen molar-refractivity contribution in [2.45, 2.75) is 70.6 Å². The standard InChI is InChI=1S/C27H30N6O3S.C17H17N3O4S2.C17H17N3O3S2.C8H7N3OS/c1-3-37(35,36)24-7-5-4-6-21(24)19-33-25(34)13-8-20-18-28-27(30-26(20)33)29-22-9-11-23(12-10-22)32-16-14-31(2)15-17-32;1-3-26(23,24)14-7-5-4-6-13(14)11-20-15(21)9-8-12-10-18-17(25(2)22)19-16(12)20;1-3-25(22,23)14-7-5-4-6-13(14)11-20-15(21)9-8-12-10-18-17(24-2)19-16(12)20;1-13-8-9-4-5-2-3-6(12)10-7(5)11-8/h4-13,18H,3,14-17,19H2,1-2H3,(H,28,29,30);4-10H,3,11H2,1-2H3;4-10H,3,11H2,1-2H3;2-4H,1H3,(H,9,10,11,12). The average molecular weight is 1480 g/mol. The molecule has 2 N–H and O–H groups in total. The molecule has 0 saturated carbocycles. The second-order valence-electron chi connectivity index (χ2n) is 22.7. The summed E-state index contributed by atoms with van der Waals surface area (Å²) in [6.45, 7) is 9.13. The van der Waals surface area contributed by atoms with E-state index < -0.39 is 40.3 Å². The molecule has 524 valence electrons. The van der Waals surface area contributed by atoms with Gasteiger partial charge in [-0.05, 0) is 103 Å². The van der Waals surface area contributed by atoms with Gasteiger partial charge >= 0.3 is 0 Å². The summed E-state index contributed by atoms with van der Waals surface area (Å²) >= 11 is 2.83. The van der Waals surface area contributed by atoms with Crippen LogP contribution in [-0.4, -0.2) is 162 Å². The highest BCUT2D eigenvalue weighted by Crippen LogP contribution is 2.26. The second-order valence-corrected chi connectivity index (χ2v) is 32.3. The fourth-order valence-corrected chi connectivity index (χ4v) is 15.2. The number of thioether (sulfide) groups is 2. The van der Waals surface area contributed by atoms with Crippen molar-refractivity contribution < 1.29 is 29.5 Å². The number of anilines is 3. The van der Waals surface area contributed by atoms with Crippen molar-refractivity contribution in [3.05, 3.63) is 228 Å². The summed E-state index contributed by atoms with van der Waals surface area (Å²) in [6.07, 6.45) is 11.7. The van der Waals surface area contributed by atoms with E-state index in [9.17, 15) is 48.6 Å². The van der Waals surface area contributed by atoms with Crippen LogP contribution in [0.25, 0.3) is 44.1 Å². The summed E-state index contributed by atoms with van der Waals surface area (Å²) in [5.41, 5.74) is 4.50. The first-order chi connectivity index (χ1) is 48.4. The highest BCUT2D eigenvalue weighted by molar-refractivity contribution is 7.98. The lowest BCUT2D eigenvalue weighted by molar-refractivity contribution is 0.313. The number of hydrogen-bond acceptors (Lipinski definition) is 24. The molecule has 12 aromatic rings. The molecule has 13 rings (SSSR count). The van der Waals surface area contributed by atoms with Gasteiger partial charge < -0.3 is 20.1 Å². The number of H-pyrrole nitrogens is 1. The molecular formula is C69H71N15O11S6. The van der Waals surface area contributed by atoms with E-state index >= 15 is 0 Å². The normalized spacial score (nSPS) is 13.0. The monoisotopic (exact) mass is 1480 g/mol. The SMILES string of the molecule is CCS(=O)(=O)c1ccccc1Cn1c(=O)ccc2cnc(Nc3ccc(N4CCN(C)CC4)cc3)nc21.CCS(=O)(=O)c1ccccc1Cn1c(=O)ccc2cnc(S(C)=O)nc21.CCS(=O)(=O)c1ccccc1Cn1c(=O)ccc2cnc(SC)nc21.CSc1ncc2ccc(=O)[nH]c2n1. The predicted molar refractivity (Wildman–Crippen MR) is 397 cm³/mol. The summed E-state index contributed by atoms with van der Waals surface area (Å²) in [7, 11) is -9.52. The van der Waals surface area contributed by atoms with Gasteiger partial charge in [-0.1, -0.05) is 98.9 Å². The quantitative estimate of drug-likeness (QED) is 0.0608.